The van der Waals surface area contributed by atoms with Gasteiger partial charge in [-0.15, -0.1) is 0 Å². The summed E-state index contributed by atoms with van der Waals surface area (Å²) in [6, 6.07) is 11.3. The molecule has 2 aromatic carbocycles. The van der Waals surface area contributed by atoms with Crippen LogP contribution in [0.3, 0.4) is 0 Å². The molecule has 0 heterocycles. The van der Waals surface area contributed by atoms with Gasteiger partial charge in [0.15, 0.2) is 0 Å². The van der Waals surface area contributed by atoms with Crippen molar-refractivity contribution < 1.29 is 8.78 Å². The van der Waals surface area contributed by atoms with Gasteiger partial charge in [0.05, 0.1) is 0 Å². The van der Waals surface area contributed by atoms with Crippen molar-refractivity contribution in [3.8, 4) is 0 Å². The highest BCUT2D eigenvalue weighted by Gasteiger charge is 2.03. The topological polar surface area (TPSA) is 0 Å². The second-order valence-corrected chi connectivity index (χ2v) is 4.44. The molecule has 0 fully saturated rings. The summed E-state index contributed by atoms with van der Waals surface area (Å²) in [7, 11) is 0. The van der Waals surface area contributed by atoms with E-state index in [1.807, 2.05) is 24.3 Å². The van der Waals surface area contributed by atoms with E-state index in [1.165, 1.54) is 24.3 Å². The fraction of sp³-hybridized carbons (Fsp3) is 0. The van der Waals surface area contributed by atoms with Crippen molar-refractivity contribution in [1.29, 1.82) is 0 Å². The van der Waals surface area contributed by atoms with Crippen molar-refractivity contribution in [3.05, 3.63) is 69.7 Å². The van der Waals surface area contributed by atoms with E-state index < -0.39 is 11.6 Å². The zero-order chi connectivity index (χ0) is 12.3. The van der Waals surface area contributed by atoms with Crippen molar-refractivity contribution in [2.45, 2.75) is 0 Å². The van der Waals surface area contributed by atoms with E-state index in [-0.39, 0.29) is 5.56 Å². The summed E-state index contributed by atoms with van der Waals surface area (Å²) in [6.07, 6.45) is 3.11. The standard InChI is InChI=1S/C14H9BrF2/c15-11-7-4-10(5-8-11)6-9-12-13(16)2-1-3-14(12)17/h1-9H/b9-6+. The quantitative estimate of drug-likeness (QED) is 0.691. The molecule has 0 unspecified atom stereocenters. The van der Waals surface area contributed by atoms with E-state index >= 15 is 0 Å². The predicted molar refractivity (Wildman–Crippen MR) is 69.4 cm³/mol. The van der Waals surface area contributed by atoms with Crippen molar-refractivity contribution in [2.24, 2.45) is 0 Å². The first-order valence-electron chi connectivity index (χ1n) is 5.04. The fourth-order valence-corrected chi connectivity index (χ4v) is 1.69. The van der Waals surface area contributed by atoms with Crippen molar-refractivity contribution in [3.63, 3.8) is 0 Å². The number of benzene rings is 2. The van der Waals surface area contributed by atoms with E-state index in [4.69, 9.17) is 0 Å². The molecule has 0 N–H and O–H groups in total. The summed E-state index contributed by atoms with van der Waals surface area (Å²) >= 11 is 3.32. The molecule has 2 rings (SSSR count). The number of rotatable bonds is 2. The summed E-state index contributed by atoms with van der Waals surface area (Å²) in [5.74, 6) is -1.11. The average Bonchev–Trinajstić information content (AvgIpc) is 2.31. The molecule has 0 aliphatic rings. The molecular weight excluding hydrogens is 286 g/mol. The molecule has 2 aromatic rings. The Balaban J connectivity index is 2.29. The summed E-state index contributed by atoms with van der Waals surface area (Å²) < 4.78 is 27.6. The number of hydrogen-bond acceptors (Lipinski definition) is 0. The van der Waals surface area contributed by atoms with Crippen molar-refractivity contribution in [2.75, 3.05) is 0 Å². The Bertz CT molecular complexity index is 524. The minimum Gasteiger partial charge on any atom is -0.206 e. The van der Waals surface area contributed by atoms with Gasteiger partial charge < -0.3 is 0 Å². The maximum Gasteiger partial charge on any atom is 0.133 e. The van der Waals surface area contributed by atoms with Gasteiger partial charge in [-0.3, -0.25) is 0 Å². The summed E-state index contributed by atoms with van der Waals surface area (Å²) in [5.41, 5.74) is 0.867. The molecule has 0 spiro atoms. The normalized spacial score (nSPS) is 11.0. The lowest BCUT2D eigenvalue weighted by Crippen LogP contribution is -1.86. The van der Waals surface area contributed by atoms with Crippen LogP contribution in [-0.2, 0) is 0 Å². The zero-order valence-electron chi connectivity index (χ0n) is 8.83. The lowest BCUT2D eigenvalue weighted by molar-refractivity contribution is 0.579. The average molecular weight is 295 g/mol. The van der Waals surface area contributed by atoms with Crippen LogP contribution in [0.1, 0.15) is 11.1 Å². The van der Waals surface area contributed by atoms with Crippen LogP contribution >= 0.6 is 15.9 Å². The molecule has 0 nitrogen and oxygen atoms in total. The van der Waals surface area contributed by atoms with Crippen LogP contribution in [0.4, 0.5) is 8.78 Å². The molecule has 0 amide bonds. The minimum atomic E-state index is -0.557. The van der Waals surface area contributed by atoms with E-state index in [0.29, 0.717) is 0 Å². The molecular formula is C14H9BrF2. The van der Waals surface area contributed by atoms with E-state index in [1.54, 1.807) is 6.08 Å². The van der Waals surface area contributed by atoms with Gasteiger partial charge in [-0.05, 0) is 35.9 Å². The van der Waals surface area contributed by atoms with Gasteiger partial charge in [0.2, 0.25) is 0 Å². The van der Waals surface area contributed by atoms with Crippen LogP contribution in [0.25, 0.3) is 12.2 Å². The fourth-order valence-electron chi connectivity index (χ4n) is 1.42. The smallest absolute Gasteiger partial charge is 0.133 e. The molecule has 0 aliphatic carbocycles. The maximum atomic E-state index is 13.3. The van der Waals surface area contributed by atoms with Gasteiger partial charge in [-0.2, -0.15) is 0 Å². The third kappa shape index (κ3) is 3.01. The molecule has 0 atom stereocenters. The summed E-state index contributed by atoms with van der Waals surface area (Å²) in [6.45, 7) is 0. The Labute approximate surface area is 107 Å². The van der Waals surface area contributed by atoms with E-state index in [2.05, 4.69) is 15.9 Å². The first-order valence-corrected chi connectivity index (χ1v) is 5.84. The SMILES string of the molecule is Fc1cccc(F)c1/C=C/c1ccc(Br)cc1. The van der Waals surface area contributed by atoms with Gasteiger partial charge in [0, 0.05) is 10.0 Å². The van der Waals surface area contributed by atoms with Crippen LogP contribution in [0, 0.1) is 11.6 Å². The highest BCUT2D eigenvalue weighted by atomic mass is 79.9. The van der Waals surface area contributed by atoms with Gasteiger partial charge in [-0.1, -0.05) is 40.2 Å². The van der Waals surface area contributed by atoms with Gasteiger partial charge in [0.1, 0.15) is 11.6 Å². The van der Waals surface area contributed by atoms with Crippen LogP contribution in [0.5, 0.6) is 0 Å². The van der Waals surface area contributed by atoms with E-state index in [9.17, 15) is 8.78 Å². The van der Waals surface area contributed by atoms with E-state index in [0.717, 1.165) is 10.0 Å². The van der Waals surface area contributed by atoms with Crippen LogP contribution in [0.2, 0.25) is 0 Å². The lowest BCUT2D eigenvalue weighted by Gasteiger charge is -1.98. The molecule has 17 heavy (non-hydrogen) atoms. The third-order valence-electron chi connectivity index (χ3n) is 2.31. The first kappa shape index (κ1) is 12.0. The second-order valence-electron chi connectivity index (χ2n) is 3.52. The Morgan fingerprint density at radius 3 is 2.00 bits per heavy atom. The molecule has 0 saturated carbocycles. The highest BCUT2D eigenvalue weighted by Crippen LogP contribution is 2.17. The molecule has 0 aliphatic heterocycles. The molecule has 86 valence electrons. The molecule has 0 aromatic heterocycles. The second kappa shape index (κ2) is 5.23. The van der Waals surface area contributed by atoms with Crippen LogP contribution in [-0.4, -0.2) is 0 Å². The van der Waals surface area contributed by atoms with Crippen LogP contribution in [0.15, 0.2) is 46.9 Å². The molecule has 0 radical (unpaired) electrons. The largest absolute Gasteiger partial charge is 0.206 e. The molecule has 0 bridgehead atoms. The summed E-state index contributed by atoms with van der Waals surface area (Å²) in [4.78, 5) is 0. The Kier molecular flexibility index (Phi) is 3.69. The van der Waals surface area contributed by atoms with Gasteiger partial charge in [-0.25, -0.2) is 8.78 Å². The third-order valence-corrected chi connectivity index (χ3v) is 2.84. The number of halogens is 3. The maximum absolute atomic E-state index is 13.3. The number of hydrogen-bond donors (Lipinski definition) is 0. The molecule has 3 heteroatoms. The Hall–Kier alpha value is -1.48. The Morgan fingerprint density at radius 1 is 0.824 bits per heavy atom. The predicted octanol–water partition coefficient (Wildman–Crippen LogP) is 4.90. The molecule has 0 saturated heterocycles. The first-order chi connectivity index (χ1) is 8.16. The summed E-state index contributed by atoms with van der Waals surface area (Å²) in [5, 5.41) is 0. The van der Waals surface area contributed by atoms with Crippen molar-refractivity contribution >= 4 is 28.1 Å². The van der Waals surface area contributed by atoms with Crippen LogP contribution < -0.4 is 0 Å². The minimum absolute atomic E-state index is 0.0181. The lowest BCUT2D eigenvalue weighted by atomic mass is 10.1. The monoisotopic (exact) mass is 294 g/mol. The van der Waals surface area contributed by atoms with Crippen molar-refractivity contribution in [1.82, 2.24) is 0 Å². The zero-order valence-corrected chi connectivity index (χ0v) is 10.4. The Morgan fingerprint density at radius 2 is 1.41 bits per heavy atom. The van der Waals surface area contributed by atoms with Gasteiger partial charge in [0.25, 0.3) is 0 Å². The van der Waals surface area contributed by atoms with Gasteiger partial charge >= 0.3 is 0 Å². The highest BCUT2D eigenvalue weighted by molar-refractivity contribution is 9.10.